The average molecular weight is 452 g/mol. The van der Waals surface area contributed by atoms with E-state index in [0.717, 1.165) is 4.90 Å². The molecule has 12 heteroatoms. The summed E-state index contributed by atoms with van der Waals surface area (Å²) in [6.45, 7) is 0.282. The zero-order chi connectivity index (χ0) is 22.3. The summed E-state index contributed by atoms with van der Waals surface area (Å²) in [6, 6.07) is 7.13. The summed E-state index contributed by atoms with van der Waals surface area (Å²) in [5.74, 6) is 0. The molecule has 2 N–H and O–H groups in total. The van der Waals surface area contributed by atoms with Gasteiger partial charge in [0.05, 0.1) is 6.61 Å². The Bertz CT molecular complexity index is 808. The van der Waals surface area contributed by atoms with E-state index in [1.807, 2.05) is 0 Å². The summed E-state index contributed by atoms with van der Waals surface area (Å²) in [7, 11) is 1.17. The molecule has 0 aromatic heterocycles. The Kier molecular flexibility index (Phi) is 6.33. The van der Waals surface area contributed by atoms with Crippen molar-refractivity contribution < 1.29 is 42.0 Å². The van der Waals surface area contributed by atoms with Gasteiger partial charge in [-0.25, -0.2) is 9.18 Å². The highest BCUT2D eigenvalue weighted by Crippen LogP contribution is 2.45. The van der Waals surface area contributed by atoms with Gasteiger partial charge in [-0.3, -0.25) is 9.89 Å². The van der Waals surface area contributed by atoms with Crippen LogP contribution in [0.3, 0.4) is 0 Å². The van der Waals surface area contributed by atoms with Crippen LogP contribution in [0.1, 0.15) is 12.5 Å². The van der Waals surface area contributed by atoms with Crippen LogP contribution in [0.2, 0.25) is 0 Å². The molecule has 0 spiro atoms. The van der Waals surface area contributed by atoms with E-state index >= 15 is 4.39 Å². The first kappa shape index (κ1) is 22.8. The fourth-order valence-electron chi connectivity index (χ4n) is 3.11. The number of aliphatic hydroxyl groups is 1. The maximum absolute atomic E-state index is 15.3. The minimum Gasteiger partial charge on any atom is -0.465 e. The molecule has 1 saturated heterocycles. The lowest BCUT2D eigenvalue weighted by Gasteiger charge is -2.45. The van der Waals surface area contributed by atoms with Gasteiger partial charge in [0.25, 0.3) is 0 Å². The largest absolute Gasteiger partial charge is 0.465 e. The molecule has 1 amide bonds. The molecular formula is C18H20F4N2O5S. The van der Waals surface area contributed by atoms with Crippen LogP contribution in [0.25, 0.3) is 0 Å². The van der Waals surface area contributed by atoms with Crippen molar-refractivity contribution in [2.45, 2.75) is 55.2 Å². The second kappa shape index (κ2) is 8.33. The third kappa shape index (κ3) is 4.27. The molecule has 3 rings (SSSR count). The number of nitrogens with zero attached hydrogens (tertiary/aromatic N) is 2. The molecule has 166 valence electrons. The maximum atomic E-state index is 15.3. The van der Waals surface area contributed by atoms with E-state index in [0.29, 0.717) is 24.2 Å². The summed E-state index contributed by atoms with van der Waals surface area (Å²) < 4.78 is 66.7. The van der Waals surface area contributed by atoms with Crippen LogP contribution in [0.5, 0.6) is 0 Å². The Hall–Kier alpha value is -1.89. The van der Waals surface area contributed by atoms with E-state index in [4.69, 9.17) is 14.6 Å². The Morgan fingerprint density at radius 1 is 1.33 bits per heavy atom. The molecule has 2 aliphatic rings. The zero-order valence-corrected chi connectivity index (χ0v) is 16.7. The third-order valence-electron chi connectivity index (χ3n) is 4.97. The van der Waals surface area contributed by atoms with Gasteiger partial charge in [-0.1, -0.05) is 42.1 Å². The van der Waals surface area contributed by atoms with Crippen LogP contribution in [-0.2, 0) is 16.1 Å². The van der Waals surface area contributed by atoms with Gasteiger partial charge in [0.1, 0.15) is 23.7 Å². The van der Waals surface area contributed by atoms with Crippen molar-refractivity contribution in [3.05, 3.63) is 35.9 Å². The summed E-state index contributed by atoms with van der Waals surface area (Å²) >= 11 is 0.681. The molecule has 1 fully saturated rings. The average Bonchev–Trinajstić information content (AvgIpc) is 3.10. The normalized spacial score (nSPS) is 30.9. The highest BCUT2D eigenvalue weighted by atomic mass is 32.2. The van der Waals surface area contributed by atoms with Gasteiger partial charge in [-0.2, -0.15) is 13.2 Å². The maximum Gasteiger partial charge on any atom is 0.419 e. The minimum atomic E-state index is -5.12. The first-order valence-electron chi connectivity index (χ1n) is 8.88. The molecule has 1 aromatic carbocycles. The Balaban J connectivity index is 1.89. The van der Waals surface area contributed by atoms with E-state index in [9.17, 15) is 23.1 Å². The Morgan fingerprint density at radius 3 is 2.53 bits per heavy atom. The van der Waals surface area contributed by atoms with Crippen LogP contribution in [0.15, 0.2) is 35.3 Å². The number of amides is 1. The number of rotatable bonds is 4. The van der Waals surface area contributed by atoms with E-state index in [1.165, 1.54) is 7.05 Å². The fraction of sp³-hybridized carbons (Fsp3) is 0.556. The number of carbonyl (C=O) groups is 1. The monoisotopic (exact) mass is 452 g/mol. The smallest absolute Gasteiger partial charge is 0.419 e. The van der Waals surface area contributed by atoms with Crippen LogP contribution in [0, 0.1) is 0 Å². The predicted octanol–water partition coefficient (Wildman–Crippen LogP) is 3.03. The van der Waals surface area contributed by atoms with Gasteiger partial charge >= 0.3 is 12.3 Å². The number of fused-ring (bicyclic) bond motifs is 1. The number of benzene rings is 1. The molecule has 30 heavy (non-hydrogen) atoms. The van der Waals surface area contributed by atoms with Crippen LogP contribution < -0.4 is 0 Å². The molecule has 0 radical (unpaired) electrons. The van der Waals surface area contributed by atoms with E-state index in [-0.39, 0.29) is 11.8 Å². The van der Waals surface area contributed by atoms with Gasteiger partial charge in [0, 0.05) is 7.05 Å². The molecule has 7 nitrogen and oxygen atoms in total. The summed E-state index contributed by atoms with van der Waals surface area (Å²) in [6.07, 6.45) is -12.4. The second-order valence-electron chi connectivity index (χ2n) is 7.14. The molecular weight excluding hydrogens is 432 g/mol. The number of alkyl halides is 4. The predicted molar refractivity (Wildman–Crippen MR) is 99.9 cm³/mol. The quantitative estimate of drug-likeness (QED) is 0.683. The second-order valence-corrected chi connectivity index (χ2v) is 8.20. The number of carboxylic acid groups (broad SMARTS) is 1. The van der Waals surface area contributed by atoms with Crippen LogP contribution >= 0.6 is 11.8 Å². The van der Waals surface area contributed by atoms with Gasteiger partial charge < -0.3 is 19.7 Å². The van der Waals surface area contributed by atoms with Crippen molar-refractivity contribution in [1.29, 1.82) is 0 Å². The van der Waals surface area contributed by atoms with Crippen LogP contribution in [0.4, 0.5) is 22.4 Å². The molecule has 1 aromatic rings. The van der Waals surface area contributed by atoms with E-state index < -0.39 is 47.7 Å². The van der Waals surface area contributed by atoms with Crippen molar-refractivity contribution in [3.63, 3.8) is 0 Å². The van der Waals surface area contributed by atoms with Gasteiger partial charge in [0.15, 0.2) is 16.9 Å². The highest BCUT2D eigenvalue weighted by Gasteiger charge is 2.64. The molecule has 0 saturated carbocycles. The standard InChI is InChI=1S/C18H20F4N2O5S/c1-17(27,18(20,21)22)13-12(28-8-9-6-4-3-5-7-9)10(19)11-14(29-13)30-15(23-11)24(2)16(25)26/h3-7,10-14,27H,8H2,1-2H3,(H,25,26)/t10-,11-,12+,13+,14-,17+/m1/s1. The van der Waals surface area contributed by atoms with Crippen molar-refractivity contribution in [2.75, 3.05) is 7.05 Å². The third-order valence-corrected chi connectivity index (χ3v) is 6.18. The number of hydrogen-bond donors (Lipinski definition) is 2. The number of thioether (sulfide) groups is 1. The summed E-state index contributed by atoms with van der Waals surface area (Å²) in [5, 5.41) is 19.2. The van der Waals surface area contributed by atoms with Crippen LogP contribution in [-0.4, -0.2) is 75.1 Å². The van der Waals surface area contributed by atoms with Crippen molar-refractivity contribution >= 4 is 23.0 Å². The van der Waals surface area contributed by atoms with E-state index in [1.54, 1.807) is 30.3 Å². The number of ether oxygens (including phenoxy) is 2. The molecule has 0 aliphatic carbocycles. The first-order valence-corrected chi connectivity index (χ1v) is 9.76. The highest BCUT2D eigenvalue weighted by molar-refractivity contribution is 8.14. The lowest BCUT2D eigenvalue weighted by atomic mass is 9.87. The zero-order valence-electron chi connectivity index (χ0n) is 15.9. The van der Waals surface area contributed by atoms with Gasteiger partial charge in [-0.15, -0.1) is 0 Å². The molecule has 2 aliphatic heterocycles. The van der Waals surface area contributed by atoms with Gasteiger partial charge in [0.2, 0.25) is 0 Å². The van der Waals surface area contributed by atoms with Crippen molar-refractivity contribution in [1.82, 2.24) is 4.90 Å². The van der Waals surface area contributed by atoms with Crippen molar-refractivity contribution in [3.8, 4) is 0 Å². The topological polar surface area (TPSA) is 91.6 Å². The number of aliphatic imine (C=N–C) groups is 1. The van der Waals surface area contributed by atoms with Gasteiger partial charge in [-0.05, 0) is 12.5 Å². The fourth-order valence-corrected chi connectivity index (χ4v) is 4.26. The molecule has 0 unspecified atom stereocenters. The lowest BCUT2D eigenvalue weighted by Crippen LogP contribution is -2.65. The SMILES string of the molecule is CN(C(=O)O)C1=N[C@@H]2[C@@H](F)[C@H](OCc3ccccc3)[C@@H]([C@](C)(O)C(F)(F)F)O[C@@H]2S1. The lowest BCUT2D eigenvalue weighted by molar-refractivity contribution is -0.319. The summed E-state index contributed by atoms with van der Waals surface area (Å²) in [4.78, 5) is 15.8. The minimum absolute atomic E-state index is 0.116. The molecule has 2 heterocycles. The van der Waals surface area contributed by atoms with Crippen molar-refractivity contribution in [2.24, 2.45) is 4.99 Å². The number of halogens is 4. The molecule has 6 atom stereocenters. The first-order chi connectivity index (χ1) is 13.9. The summed E-state index contributed by atoms with van der Waals surface area (Å²) in [5.41, 5.74) is -4.06. The Labute approximate surface area is 173 Å². The number of hydrogen-bond acceptors (Lipinski definition) is 6. The number of amidine groups is 1. The molecule has 0 bridgehead atoms. The van der Waals surface area contributed by atoms with E-state index in [2.05, 4.69) is 4.99 Å². The Morgan fingerprint density at radius 2 is 1.97 bits per heavy atom.